The number of benzene rings is 2. The smallest absolute Gasteiger partial charge is 0.223 e. The van der Waals surface area contributed by atoms with Crippen LogP contribution >= 0.6 is 11.8 Å². The van der Waals surface area contributed by atoms with E-state index < -0.39 is 0 Å². The maximum absolute atomic E-state index is 12.4. The highest BCUT2D eigenvalue weighted by atomic mass is 32.2. The molecule has 0 saturated carbocycles. The molecule has 1 aliphatic rings. The Kier molecular flexibility index (Phi) is 6.45. The molecule has 1 saturated heterocycles. The molecule has 0 N–H and O–H groups in total. The summed E-state index contributed by atoms with van der Waals surface area (Å²) >= 11 is 1.80. The zero-order valence-corrected chi connectivity index (χ0v) is 16.1. The first-order valence-corrected chi connectivity index (χ1v) is 10.0. The largest absolute Gasteiger partial charge is 0.493 e. The average Bonchev–Trinajstić information content (AvgIpc) is 3.17. The highest BCUT2D eigenvalue weighted by Gasteiger charge is 2.30. The summed E-state index contributed by atoms with van der Waals surface area (Å²) in [6.45, 7) is 3.33. The predicted molar refractivity (Wildman–Crippen MR) is 106 cm³/mol. The Morgan fingerprint density at radius 2 is 2.00 bits per heavy atom. The van der Waals surface area contributed by atoms with E-state index in [0.29, 0.717) is 24.5 Å². The maximum atomic E-state index is 12.4. The Bertz CT molecular complexity index is 735. The van der Waals surface area contributed by atoms with Gasteiger partial charge in [0.05, 0.1) is 7.11 Å². The van der Waals surface area contributed by atoms with Gasteiger partial charge in [-0.3, -0.25) is 4.79 Å². The van der Waals surface area contributed by atoms with Crippen molar-refractivity contribution in [1.82, 2.24) is 4.90 Å². The van der Waals surface area contributed by atoms with E-state index in [1.807, 2.05) is 60.4 Å². The second kappa shape index (κ2) is 8.99. The summed E-state index contributed by atoms with van der Waals surface area (Å²) in [4.78, 5) is 14.4. The van der Waals surface area contributed by atoms with Crippen molar-refractivity contribution in [3.63, 3.8) is 0 Å². The molecular weight excluding hydrogens is 346 g/mol. The van der Waals surface area contributed by atoms with E-state index in [9.17, 15) is 4.79 Å². The van der Waals surface area contributed by atoms with E-state index in [1.54, 1.807) is 18.9 Å². The van der Waals surface area contributed by atoms with Gasteiger partial charge >= 0.3 is 0 Å². The van der Waals surface area contributed by atoms with Crippen molar-refractivity contribution in [3.8, 4) is 11.5 Å². The number of thioether (sulfide) groups is 1. The van der Waals surface area contributed by atoms with Crippen LogP contribution in [0.15, 0.2) is 48.5 Å². The number of methoxy groups -OCH3 is 1. The molecule has 1 aliphatic heterocycles. The van der Waals surface area contributed by atoms with E-state index in [1.165, 1.54) is 0 Å². The summed E-state index contributed by atoms with van der Waals surface area (Å²) < 4.78 is 11.5. The number of carbonyl (C=O) groups is 1. The van der Waals surface area contributed by atoms with Gasteiger partial charge in [-0.05, 0) is 29.7 Å². The molecule has 0 bridgehead atoms. The minimum absolute atomic E-state index is 0.0547. The molecule has 1 unspecified atom stereocenters. The lowest BCUT2D eigenvalue weighted by Gasteiger charge is -2.25. The SMILES string of the molecule is CCCC(=O)N1CCSC1c1ccc(OC)c(OCc2ccccc2)c1. The minimum Gasteiger partial charge on any atom is -0.493 e. The van der Waals surface area contributed by atoms with Gasteiger partial charge in [0.25, 0.3) is 0 Å². The maximum Gasteiger partial charge on any atom is 0.223 e. The quantitative estimate of drug-likeness (QED) is 0.710. The molecule has 0 aliphatic carbocycles. The third-order valence-electron chi connectivity index (χ3n) is 4.39. The highest BCUT2D eigenvalue weighted by molar-refractivity contribution is 7.99. The van der Waals surface area contributed by atoms with Crippen molar-refractivity contribution >= 4 is 17.7 Å². The average molecular weight is 372 g/mol. The van der Waals surface area contributed by atoms with Gasteiger partial charge in [-0.2, -0.15) is 0 Å². The number of hydrogen-bond acceptors (Lipinski definition) is 4. The summed E-state index contributed by atoms with van der Waals surface area (Å²) in [5, 5.41) is 0.0547. The molecule has 0 spiro atoms. The lowest BCUT2D eigenvalue weighted by molar-refractivity contribution is -0.131. The Morgan fingerprint density at radius 1 is 1.19 bits per heavy atom. The topological polar surface area (TPSA) is 38.8 Å². The first kappa shape index (κ1) is 18.6. The van der Waals surface area contributed by atoms with Gasteiger partial charge in [-0.25, -0.2) is 0 Å². The summed E-state index contributed by atoms with van der Waals surface area (Å²) in [5.74, 6) is 2.61. The number of amides is 1. The van der Waals surface area contributed by atoms with E-state index in [2.05, 4.69) is 0 Å². The zero-order valence-electron chi connectivity index (χ0n) is 15.3. The van der Waals surface area contributed by atoms with Crippen molar-refractivity contribution in [3.05, 3.63) is 59.7 Å². The lowest BCUT2D eigenvalue weighted by Crippen LogP contribution is -2.30. The van der Waals surface area contributed by atoms with Crippen molar-refractivity contribution in [1.29, 1.82) is 0 Å². The Labute approximate surface area is 159 Å². The summed E-state index contributed by atoms with van der Waals surface area (Å²) in [6.07, 6.45) is 1.48. The Hall–Kier alpha value is -2.14. The number of rotatable bonds is 7. The summed E-state index contributed by atoms with van der Waals surface area (Å²) in [7, 11) is 1.64. The number of hydrogen-bond donors (Lipinski definition) is 0. The van der Waals surface area contributed by atoms with E-state index in [-0.39, 0.29) is 11.3 Å². The van der Waals surface area contributed by atoms with E-state index >= 15 is 0 Å². The lowest BCUT2D eigenvalue weighted by atomic mass is 10.1. The van der Waals surface area contributed by atoms with Crippen molar-refractivity contribution in [2.75, 3.05) is 19.4 Å². The molecule has 1 atom stereocenters. The van der Waals surface area contributed by atoms with E-state index in [4.69, 9.17) is 9.47 Å². The van der Waals surface area contributed by atoms with Crippen LogP contribution in [0.3, 0.4) is 0 Å². The molecule has 4 nitrogen and oxygen atoms in total. The van der Waals surface area contributed by atoms with Gasteiger partial charge in [0.2, 0.25) is 5.91 Å². The molecule has 2 aromatic carbocycles. The first-order valence-electron chi connectivity index (χ1n) is 8.98. The molecule has 0 radical (unpaired) electrons. The van der Waals surface area contributed by atoms with Gasteiger partial charge in [0, 0.05) is 18.7 Å². The molecular formula is C21H25NO3S. The van der Waals surface area contributed by atoms with Crippen LogP contribution in [0.4, 0.5) is 0 Å². The van der Waals surface area contributed by atoms with Gasteiger partial charge in [-0.1, -0.05) is 43.3 Å². The van der Waals surface area contributed by atoms with Crippen molar-refractivity contribution in [2.45, 2.75) is 31.7 Å². The normalized spacial score (nSPS) is 16.5. The number of carbonyl (C=O) groups excluding carboxylic acids is 1. The standard InChI is InChI=1S/C21H25NO3S/c1-3-7-20(23)22-12-13-26-21(22)17-10-11-18(24-2)19(14-17)25-15-16-8-5-4-6-9-16/h4-6,8-11,14,21H,3,7,12-13,15H2,1-2H3. The van der Waals surface area contributed by atoms with Gasteiger partial charge in [-0.15, -0.1) is 11.8 Å². The predicted octanol–water partition coefficient (Wildman–Crippen LogP) is 4.65. The molecule has 138 valence electrons. The number of ether oxygens (including phenoxy) is 2. The van der Waals surface area contributed by atoms with Crippen molar-refractivity contribution in [2.24, 2.45) is 0 Å². The van der Waals surface area contributed by atoms with Crippen molar-refractivity contribution < 1.29 is 14.3 Å². The monoisotopic (exact) mass is 371 g/mol. The fourth-order valence-electron chi connectivity index (χ4n) is 3.05. The fourth-order valence-corrected chi connectivity index (χ4v) is 4.32. The molecule has 26 heavy (non-hydrogen) atoms. The number of nitrogens with zero attached hydrogens (tertiary/aromatic N) is 1. The van der Waals surface area contributed by atoms with E-state index in [0.717, 1.165) is 29.8 Å². The van der Waals surface area contributed by atoms with Gasteiger partial charge < -0.3 is 14.4 Å². The van der Waals surface area contributed by atoms with Crippen LogP contribution in [-0.2, 0) is 11.4 Å². The second-order valence-electron chi connectivity index (χ2n) is 6.24. The minimum atomic E-state index is 0.0547. The Balaban J connectivity index is 1.79. The molecule has 0 aromatic heterocycles. The van der Waals surface area contributed by atoms with Crippen LogP contribution in [0.25, 0.3) is 0 Å². The fraction of sp³-hybridized carbons (Fsp3) is 0.381. The third kappa shape index (κ3) is 4.33. The molecule has 5 heteroatoms. The zero-order chi connectivity index (χ0) is 18.4. The van der Waals surface area contributed by atoms with Crippen LogP contribution in [0.1, 0.15) is 36.3 Å². The highest BCUT2D eigenvalue weighted by Crippen LogP contribution is 2.41. The molecule has 1 fully saturated rings. The van der Waals surface area contributed by atoms with Gasteiger partial charge in [0.1, 0.15) is 12.0 Å². The van der Waals surface area contributed by atoms with Crippen LogP contribution in [0, 0.1) is 0 Å². The summed E-state index contributed by atoms with van der Waals surface area (Å²) in [6, 6.07) is 16.0. The van der Waals surface area contributed by atoms with Crippen LogP contribution in [-0.4, -0.2) is 30.2 Å². The molecule has 1 amide bonds. The summed E-state index contributed by atoms with van der Waals surface area (Å²) in [5.41, 5.74) is 2.19. The first-order chi connectivity index (χ1) is 12.7. The third-order valence-corrected chi connectivity index (χ3v) is 5.65. The molecule has 2 aromatic rings. The second-order valence-corrected chi connectivity index (χ2v) is 7.43. The Morgan fingerprint density at radius 3 is 2.73 bits per heavy atom. The van der Waals surface area contributed by atoms with Crippen LogP contribution in [0.5, 0.6) is 11.5 Å². The van der Waals surface area contributed by atoms with Crippen LogP contribution in [0.2, 0.25) is 0 Å². The van der Waals surface area contributed by atoms with Gasteiger partial charge in [0.15, 0.2) is 11.5 Å². The molecule has 3 rings (SSSR count). The molecule has 1 heterocycles. The van der Waals surface area contributed by atoms with Crippen LogP contribution < -0.4 is 9.47 Å².